The van der Waals surface area contributed by atoms with Crippen LogP contribution in [-0.2, 0) is 0 Å². The van der Waals surface area contributed by atoms with E-state index >= 15 is 0 Å². The van der Waals surface area contributed by atoms with Gasteiger partial charge < -0.3 is 10.2 Å². The molecule has 4 heteroatoms. The number of para-hydroxylation sites is 1. The lowest BCUT2D eigenvalue weighted by atomic mass is 10.1. The minimum absolute atomic E-state index is 0.398. The Bertz CT molecular complexity index is 412. The second kappa shape index (κ2) is 5.07. The first kappa shape index (κ1) is 12.4. The van der Waals surface area contributed by atoms with E-state index in [0.29, 0.717) is 22.7 Å². The largest absolute Gasteiger partial charge is 0.367 e. The van der Waals surface area contributed by atoms with Crippen LogP contribution in [0.15, 0.2) is 18.2 Å². The van der Waals surface area contributed by atoms with Crippen LogP contribution in [0.3, 0.4) is 0 Å². The van der Waals surface area contributed by atoms with E-state index in [1.54, 1.807) is 0 Å². The van der Waals surface area contributed by atoms with Gasteiger partial charge in [0.25, 0.3) is 0 Å². The quantitative estimate of drug-likeness (QED) is 0.820. The van der Waals surface area contributed by atoms with E-state index in [9.17, 15) is 4.79 Å². The number of nitrogens with one attached hydrogen (secondary N) is 1. The van der Waals surface area contributed by atoms with Crippen molar-refractivity contribution in [2.24, 2.45) is 0 Å². The number of anilines is 1. The van der Waals surface area contributed by atoms with Gasteiger partial charge in [-0.1, -0.05) is 17.7 Å². The normalized spacial score (nSPS) is 24.8. The zero-order valence-electron chi connectivity index (χ0n) is 10.1. The van der Waals surface area contributed by atoms with Crippen molar-refractivity contribution in [3.05, 3.63) is 28.8 Å². The molecule has 0 saturated carbocycles. The Labute approximate surface area is 107 Å². The van der Waals surface area contributed by atoms with Gasteiger partial charge in [0, 0.05) is 30.7 Å². The minimum Gasteiger partial charge on any atom is -0.367 e. The number of carbonyl (C=O) groups is 1. The fraction of sp³-hybridized carbons (Fsp3) is 0.462. The monoisotopic (exact) mass is 252 g/mol. The summed E-state index contributed by atoms with van der Waals surface area (Å²) in [6, 6.07) is 6.25. The summed E-state index contributed by atoms with van der Waals surface area (Å²) in [5.74, 6) is 0. The highest BCUT2D eigenvalue weighted by Gasteiger charge is 2.24. The summed E-state index contributed by atoms with van der Waals surface area (Å²) in [7, 11) is 0. The molecule has 2 unspecified atom stereocenters. The number of piperazine rings is 1. The summed E-state index contributed by atoms with van der Waals surface area (Å²) in [6.07, 6.45) is 0.874. The summed E-state index contributed by atoms with van der Waals surface area (Å²) in [5, 5.41) is 4.11. The van der Waals surface area contributed by atoms with Gasteiger partial charge in [-0.15, -0.1) is 0 Å². The van der Waals surface area contributed by atoms with Crippen LogP contribution in [0.2, 0.25) is 5.02 Å². The maximum absolute atomic E-state index is 11.1. The summed E-state index contributed by atoms with van der Waals surface area (Å²) < 4.78 is 0. The summed E-state index contributed by atoms with van der Waals surface area (Å²) in [6.45, 7) is 6.02. The fourth-order valence-corrected chi connectivity index (χ4v) is 2.77. The predicted octanol–water partition coefficient (Wildman–Crippen LogP) is 2.34. The van der Waals surface area contributed by atoms with Crippen LogP contribution in [0.4, 0.5) is 5.69 Å². The molecular weight excluding hydrogens is 236 g/mol. The zero-order valence-corrected chi connectivity index (χ0v) is 10.9. The summed E-state index contributed by atoms with van der Waals surface area (Å²) in [5.41, 5.74) is 1.53. The molecule has 92 valence electrons. The average molecular weight is 253 g/mol. The lowest BCUT2D eigenvalue weighted by molar-refractivity contribution is 0.112. The molecule has 0 aliphatic carbocycles. The predicted molar refractivity (Wildman–Crippen MR) is 71.1 cm³/mol. The molecular formula is C13H17ClN2O. The Morgan fingerprint density at radius 3 is 2.59 bits per heavy atom. The number of rotatable bonds is 2. The molecule has 1 aliphatic rings. The SMILES string of the molecule is CC1CN(c2c(Cl)cccc2C=O)CC(C)N1. The van der Waals surface area contributed by atoms with Gasteiger partial charge in [0.2, 0.25) is 0 Å². The topological polar surface area (TPSA) is 32.3 Å². The van der Waals surface area contributed by atoms with Crippen LogP contribution in [0, 0.1) is 0 Å². The second-order valence-corrected chi connectivity index (χ2v) is 5.08. The van der Waals surface area contributed by atoms with Crippen molar-refractivity contribution < 1.29 is 4.79 Å². The van der Waals surface area contributed by atoms with Gasteiger partial charge in [0.1, 0.15) is 0 Å². The molecule has 1 aliphatic heterocycles. The third-order valence-corrected chi connectivity index (χ3v) is 3.32. The number of aldehydes is 1. The van der Waals surface area contributed by atoms with Crippen molar-refractivity contribution in [2.45, 2.75) is 25.9 Å². The lowest BCUT2D eigenvalue weighted by Gasteiger charge is -2.38. The molecule has 1 fully saturated rings. The molecule has 1 aromatic carbocycles. The van der Waals surface area contributed by atoms with Crippen LogP contribution in [0.5, 0.6) is 0 Å². The average Bonchev–Trinajstić information content (AvgIpc) is 2.27. The molecule has 0 spiro atoms. The van der Waals surface area contributed by atoms with Crippen molar-refractivity contribution in [2.75, 3.05) is 18.0 Å². The number of halogens is 1. The van der Waals surface area contributed by atoms with Crippen LogP contribution in [-0.4, -0.2) is 31.5 Å². The van der Waals surface area contributed by atoms with Crippen molar-refractivity contribution >= 4 is 23.6 Å². The lowest BCUT2D eigenvalue weighted by Crippen LogP contribution is -2.54. The van der Waals surface area contributed by atoms with E-state index in [1.807, 2.05) is 18.2 Å². The Morgan fingerprint density at radius 2 is 2.00 bits per heavy atom. The van der Waals surface area contributed by atoms with Crippen molar-refractivity contribution in [3.8, 4) is 0 Å². The molecule has 0 aromatic heterocycles. The molecule has 2 atom stereocenters. The smallest absolute Gasteiger partial charge is 0.152 e. The maximum atomic E-state index is 11.1. The Balaban J connectivity index is 2.35. The van der Waals surface area contributed by atoms with E-state index in [4.69, 9.17) is 11.6 Å². The highest BCUT2D eigenvalue weighted by molar-refractivity contribution is 6.33. The molecule has 1 heterocycles. The molecule has 0 amide bonds. The van der Waals surface area contributed by atoms with E-state index in [1.165, 1.54) is 0 Å². The van der Waals surface area contributed by atoms with Gasteiger partial charge in [-0.3, -0.25) is 4.79 Å². The van der Waals surface area contributed by atoms with Crippen molar-refractivity contribution in [1.29, 1.82) is 0 Å². The Hall–Kier alpha value is -1.06. The van der Waals surface area contributed by atoms with Crippen LogP contribution in [0.1, 0.15) is 24.2 Å². The Morgan fingerprint density at radius 1 is 1.35 bits per heavy atom. The number of hydrogen-bond donors (Lipinski definition) is 1. The van der Waals surface area contributed by atoms with E-state index in [2.05, 4.69) is 24.1 Å². The molecule has 3 nitrogen and oxygen atoms in total. The minimum atomic E-state index is 0.398. The van der Waals surface area contributed by atoms with Gasteiger partial charge in [-0.05, 0) is 26.0 Å². The van der Waals surface area contributed by atoms with Crippen LogP contribution < -0.4 is 10.2 Å². The highest BCUT2D eigenvalue weighted by Crippen LogP contribution is 2.30. The number of carbonyl (C=O) groups excluding carboxylic acids is 1. The molecule has 0 bridgehead atoms. The van der Waals surface area contributed by atoms with Gasteiger partial charge >= 0.3 is 0 Å². The van der Waals surface area contributed by atoms with E-state index in [-0.39, 0.29) is 0 Å². The number of nitrogens with zero attached hydrogens (tertiary/aromatic N) is 1. The molecule has 1 aromatic rings. The first-order valence-electron chi connectivity index (χ1n) is 5.86. The molecule has 17 heavy (non-hydrogen) atoms. The highest BCUT2D eigenvalue weighted by atomic mass is 35.5. The number of benzene rings is 1. The third-order valence-electron chi connectivity index (χ3n) is 3.02. The molecule has 2 rings (SSSR count). The second-order valence-electron chi connectivity index (χ2n) is 4.67. The zero-order chi connectivity index (χ0) is 12.4. The first-order chi connectivity index (χ1) is 8.11. The van der Waals surface area contributed by atoms with Crippen molar-refractivity contribution in [1.82, 2.24) is 5.32 Å². The van der Waals surface area contributed by atoms with Crippen molar-refractivity contribution in [3.63, 3.8) is 0 Å². The van der Waals surface area contributed by atoms with Crippen LogP contribution >= 0.6 is 11.6 Å². The summed E-state index contributed by atoms with van der Waals surface area (Å²) in [4.78, 5) is 13.3. The van der Waals surface area contributed by atoms with Crippen LogP contribution in [0.25, 0.3) is 0 Å². The van der Waals surface area contributed by atoms with Gasteiger partial charge in [0.05, 0.1) is 10.7 Å². The van der Waals surface area contributed by atoms with Gasteiger partial charge in [-0.2, -0.15) is 0 Å². The van der Waals surface area contributed by atoms with Gasteiger partial charge in [-0.25, -0.2) is 0 Å². The Kier molecular flexibility index (Phi) is 3.69. The molecule has 1 N–H and O–H groups in total. The number of hydrogen-bond acceptors (Lipinski definition) is 3. The molecule has 1 saturated heterocycles. The third kappa shape index (κ3) is 2.61. The van der Waals surface area contributed by atoms with Gasteiger partial charge in [0.15, 0.2) is 6.29 Å². The standard InChI is InChI=1S/C13H17ClN2O/c1-9-6-16(7-10(2)15-9)13-11(8-17)4-3-5-12(13)14/h3-5,8-10,15H,6-7H2,1-2H3. The maximum Gasteiger partial charge on any atom is 0.152 e. The summed E-state index contributed by atoms with van der Waals surface area (Å²) >= 11 is 6.22. The van der Waals surface area contributed by atoms with E-state index in [0.717, 1.165) is 25.1 Å². The fourth-order valence-electron chi connectivity index (χ4n) is 2.47. The van der Waals surface area contributed by atoms with E-state index < -0.39 is 0 Å². The first-order valence-corrected chi connectivity index (χ1v) is 6.24. The molecule has 0 radical (unpaired) electrons.